The van der Waals surface area contributed by atoms with E-state index in [1.165, 1.54) is 0 Å². The maximum absolute atomic E-state index is 12.4. The molecule has 1 unspecified atom stereocenters. The number of allylic oxidation sites excluding steroid dienone is 2. The van der Waals surface area contributed by atoms with Crippen molar-refractivity contribution < 1.29 is 10.0 Å². The number of carbonyl (C=O) groups is 1. The molecule has 1 aromatic rings. The highest BCUT2D eigenvalue weighted by molar-refractivity contribution is 6.66. The average Bonchev–Trinajstić information content (AvgIpc) is 2.53. The van der Waals surface area contributed by atoms with Crippen molar-refractivity contribution in [3.63, 3.8) is 0 Å². The molecule has 0 aromatic heterocycles. The largest absolute Gasteiger partial charge is 0.410 e. The number of halogens is 2. The Hall–Kier alpha value is -1.32. The van der Waals surface area contributed by atoms with Gasteiger partial charge >= 0.3 is 0 Å². The van der Waals surface area contributed by atoms with Crippen molar-refractivity contribution in [3.05, 3.63) is 46.5 Å². The van der Waals surface area contributed by atoms with E-state index in [1.54, 1.807) is 24.3 Å². The van der Waals surface area contributed by atoms with Gasteiger partial charge in [-0.2, -0.15) is 0 Å². The summed E-state index contributed by atoms with van der Waals surface area (Å²) in [5.74, 6) is -0.374. The van der Waals surface area contributed by atoms with Gasteiger partial charge in [0.25, 0.3) is 0 Å². The third-order valence-corrected chi connectivity index (χ3v) is 4.29. The van der Waals surface area contributed by atoms with Crippen LogP contribution in [0.5, 0.6) is 0 Å². The quantitative estimate of drug-likeness (QED) is 0.475. The second-order valence-electron chi connectivity index (χ2n) is 5.13. The van der Waals surface area contributed by atoms with E-state index < -0.39 is 5.92 Å². The lowest BCUT2D eigenvalue weighted by molar-refractivity contribution is -0.115. The van der Waals surface area contributed by atoms with Gasteiger partial charge in [0.15, 0.2) is 11.0 Å². The van der Waals surface area contributed by atoms with E-state index in [4.69, 9.17) is 28.4 Å². The number of oxime groups is 1. The molecule has 0 saturated carbocycles. The standard InChI is InChI=1S/C16H17Cl2NO2/c17-13-8-6-11(7-9-13)14(16(18)19-21)10-15(20)12-4-2-1-3-5-12/h4,6-9,14,21H,1-3,5,10H2/b19-16+. The van der Waals surface area contributed by atoms with E-state index in [9.17, 15) is 4.79 Å². The first-order valence-corrected chi connectivity index (χ1v) is 7.72. The fourth-order valence-electron chi connectivity index (χ4n) is 2.51. The van der Waals surface area contributed by atoms with Crippen molar-refractivity contribution in [2.45, 2.75) is 38.0 Å². The zero-order chi connectivity index (χ0) is 15.2. The minimum Gasteiger partial charge on any atom is -0.410 e. The van der Waals surface area contributed by atoms with Gasteiger partial charge in [-0.05, 0) is 49.0 Å². The smallest absolute Gasteiger partial charge is 0.159 e. The lowest BCUT2D eigenvalue weighted by Gasteiger charge is -2.17. The maximum Gasteiger partial charge on any atom is 0.159 e. The number of benzene rings is 1. The molecule has 112 valence electrons. The number of Topliss-reactive ketones (excluding diaryl/α,β-unsaturated/α-hetero) is 1. The van der Waals surface area contributed by atoms with E-state index in [0.29, 0.717) is 5.02 Å². The molecule has 1 atom stereocenters. The van der Waals surface area contributed by atoms with Crippen LogP contribution in [0.2, 0.25) is 5.02 Å². The van der Waals surface area contributed by atoms with Gasteiger partial charge in [0, 0.05) is 17.4 Å². The van der Waals surface area contributed by atoms with Crippen molar-refractivity contribution in [2.75, 3.05) is 0 Å². The molecule has 1 aliphatic rings. The Bertz CT molecular complexity index is 564. The van der Waals surface area contributed by atoms with E-state index >= 15 is 0 Å². The first kappa shape index (κ1) is 16.1. The molecule has 0 aliphatic heterocycles. The summed E-state index contributed by atoms with van der Waals surface area (Å²) in [4.78, 5) is 12.4. The van der Waals surface area contributed by atoms with Gasteiger partial charge in [-0.15, -0.1) is 0 Å². The molecule has 0 radical (unpaired) electrons. The number of ketones is 1. The molecule has 2 rings (SSSR count). The summed E-state index contributed by atoms with van der Waals surface area (Å²) in [6.45, 7) is 0. The predicted molar refractivity (Wildman–Crippen MR) is 85.4 cm³/mol. The van der Waals surface area contributed by atoms with Crippen LogP contribution in [0.4, 0.5) is 0 Å². The number of rotatable bonds is 5. The normalized spacial score (nSPS) is 17.2. The second kappa shape index (κ2) is 7.62. The van der Waals surface area contributed by atoms with E-state index in [2.05, 4.69) is 5.16 Å². The Balaban J connectivity index is 2.19. The summed E-state index contributed by atoms with van der Waals surface area (Å²) >= 11 is 11.9. The number of nitrogens with zero attached hydrogens (tertiary/aromatic N) is 1. The van der Waals surface area contributed by atoms with Gasteiger partial charge in [-0.3, -0.25) is 4.79 Å². The van der Waals surface area contributed by atoms with Crippen molar-refractivity contribution in [1.29, 1.82) is 0 Å². The molecule has 1 N–H and O–H groups in total. The monoisotopic (exact) mass is 325 g/mol. The molecule has 0 amide bonds. The predicted octanol–water partition coefficient (Wildman–Crippen LogP) is 4.91. The fraction of sp³-hybridized carbons (Fsp3) is 0.375. The molecule has 1 aromatic carbocycles. The van der Waals surface area contributed by atoms with Crippen LogP contribution in [0.1, 0.15) is 43.6 Å². The van der Waals surface area contributed by atoms with Crippen LogP contribution in [-0.4, -0.2) is 16.2 Å². The lowest BCUT2D eigenvalue weighted by atomic mass is 9.88. The van der Waals surface area contributed by atoms with Crippen molar-refractivity contribution in [1.82, 2.24) is 0 Å². The molecule has 3 nitrogen and oxygen atoms in total. The van der Waals surface area contributed by atoms with Gasteiger partial charge < -0.3 is 5.21 Å². The highest BCUT2D eigenvalue weighted by Gasteiger charge is 2.23. The molecular weight excluding hydrogens is 309 g/mol. The van der Waals surface area contributed by atoms with Crippen molar-refractivity contribution in [3.8, 4) is 0 Å². The molecule has 0 spiro atoms. The molecule has 1 aliphatic carbocycles. The van der Waals surface area contributed by atoms with Crippen LogP contribution < -0.4 is 0 Å². The summed E-state index contributed by atoms with van der Waals surface area (Å²) < 4.78 is 0. The highest BCUT2D eigenvalue weighted by Crippen LogP contribution is 2.28. The molecule has 0 saturated heterocycles. The number of hydrogen-bond donors (Lipinski definition) is 1. The zero-order valence-corrected chi connectivity index (χ0v) is 13.1. The minimum absolute atomic E-state index is 0.0158. The third kappa shape index (κ3) is 4.32. The summed E-state index contributed by atoms with van der Waals surface area (Å²) in [6.07, 6.45) is 6.17. The van der Waals surface area contributed by atoms with Crippen LogP contribution in [0.25, 0.3) is 0 Å². The van der Waals surface area contributed by atoms with Gasteiger partial charge in [0.1, 0.15) is 0 Å². The molecule has 0 heterocycles. The average molecular weight is 326 g/mol. The fourth-order valence-corrected chi connectivity index (χ4v) is 2.84. The molecule has 0 bridgehead atoms. The van der Waals surface area contributed by atoms with Crippen LogP contribution in [0.15, 0.2) is 41.1 Å². The summed E-state index contributed by atoms with van der Waals surface area (Å²) in [7, 11) is 0. The Morgan fingerprint density at radius 1 is 1.29 bits per heavy atom. The van der Waals surface area contributed by atoms with Crippen molar-refractivity contribution in [2.24, 2.45) is 5.16 Å². The van der Waals surface area contributed by atoms with Gasteiger partial charge in [-0.1, -0.05) is 46.6 Å². The first-order chi connectivity index (χ1) is 10.1. The van der Waals surface area contributed by atoms with Crippen LogP contribution in [0, 0.1) is 0 Å². The molecule has 21 heavy (non-hydrogen) atoms. The van der Waals surface area contributed by atoms with Crippen LogP contribution >= 0.6 is 23.2 Å². The highest BCUT2D eigenvalue weighted by atomic mass is 35.5. The Kier molecular flexibility index (Phi) is 5.83. The maximum atomic E-state index is 12.4. The van der Waals surface area contributed by atoms with Gasteiger partial charge in [0.2, 0.25) is 0 Å². The van der Waals surface area contributed by atoms with Gasteiger partial charge in [-0.25, -0.2) is 0 Å². The van der Waals surface area contributed by atoms with Crippen molar-refractivity contribution >= 4 is 34.2 Å². The first-order valence-electron chi connectivity index (χ1n) is 6.97. The zero-order valence-electron chi connectivity index (χ0n) is 11.6. The van der Waals surface area contributed by atoms with E-state index in [-0.39, 0.29) is 17.4 Å². The molecule has 5 heteroatoms. The summed E-state index contributed by atoms with van der Waals surface area (Å²) in [5.41, 5.74) is 1.68. The lowest BCUT2D eigenvalue weighted by Crippen LogP contribution is -2.15. The Morgan fingerprint density at radius 2 is 2.00 bits per heavy atom. The third-order valence-electron chi connectivity index (χ3n) is 3.69. The molecule has 0 fully saturated rings. The molecular formula is C16H17Cl2NO2. The van der Waals surface area contributed by atoms with Crippen LogP contribution in [-0.2, 0) is 4.79 Å². The van der Waals surface area contributed by atoms with E-state index in [0.717, 1.165) is 36.8 Å². The minimum atomic E-state index is -0.441. The Labute approximate surface area is 134 Å². The van der Waals surface area contributed by atoms with Crippen LogP contribution in [0.3, 0.4) is 0 Å². The van der Waals surface area contributed by atoms with Gasteiger partial charge in [0.05, 0.1) is 0 Å². The topological polar surface area (TPSA) is 49.7 Å². The SMILES string of the molecule is O=C(CC(/C(Cl)=N\O)c1ccc(Cl)cc1)C1=CCCCC1. The summed E-state index contributed by atoms with van der Waals surface area (Å²) in [6, 6.07) is 7.05. The number of hydrogen-bond acceptors (Lipinski definition) is 3. The summed E-state index contributed by atoms with van der Waals surface area (Å²) in [5, 5.41) is 12.6. The number of carbonyl (C=O) groups excluding carboxylic acids is 1. The second-order valence-corrected chi connectivity index (χ2v) is 5.95. The Morgan fingerprint density at radius 3 is 2.57 bits per heavy atom. The van der Waals surface area contributed by atoms with E-state index in [1.807, 2.05) is 6.08 Å².